The van der Waals surface area contributed by atoms with E-state index in [0.29, 0.717) is 5.56 Å². The third kappa shape index (κ3) is 2.37. The van der Waals surface area contributed by atoms with E-state index in [0.717, 1.165) is 22.6 Å². The summed E-state index contributed by atoms with van der Waals surface area (Å²) in [6.07, 6.45) is 0. The molecule has 2 aromatic rings. The second-order valence-corrected chi connectivity index (χ2v) is 3.83. The summed E-state index contributed by atoms with van der Waals surface area (Å²) < 4.78 is 0. The lowest BCUT2D eigenvalue weighted by molar-refractivity contribution is 1.42. The first-order valence-corrected chi connectivity index (χ1v) is 5.33. The van der Waals surface area contributed by atoms with Crippen LogP contribution in [0.3, 0.4) is 0 Å². The Morgan fingerprint density at radius 2 is 1.82 bits per heavy atom. The fourth-order valence-corrected chi connectivity index (χ4v) is 1.57. The van der Waals surface area contributed by atoms with Crippen LogP contribution in [0.4, 0.5) is 17.1 Å². The van der Waals surface area contributed by atoms with E-state index < -0.39 is 0 Å². The molecule has 84 valence electrons. The van der Waals surface area contributed by atoms with Crippen molar-refractivity contribution in [2.75, 3.05) is 11.1 Å². The minimum absolute atomic E-state index is 0.653. The number of nitriles is 1. The lowest BCUT2D eigenvalue weighted by atomic mass is 10.1. The van der Waals surface area contributed by atoms with E-state index in [-0.39, 0.29) is 0 Å². The van der Waals surface area contributed by atoms with Crippen LogP contribution in [-0.2, 0) is 0 Å². The molecule has 0 aliphatic rings. The highest BCUT2D eigenvalue weighted by molar-refractivity contribution is 5.69. The van der Waals surface area contributed by atoms with Crippen LogP contribution in [0.25, 0.3) is 0 Å². The quantitative estimate of drug-likeness (QED) is 0.768. The average Bonchev–Trinajstić information content (AvgIpc) is 2.36. The summed E-state index contributed by atoms with van der Waals surface area (Å²) in [6.45, 7) is 1.97. The Balaban J connectivity index is 2.26. The summed E-state index contributed by atoms with van der Waals surface area (Å²) in [5.41, 5.74) is 10.2. The maximum atomic E-state index is 8.71. The van der Waals surface area contributed by atoms with E-state index in [1.807, 2.05) is 37.3 Å². The van der Waals surface area contributed by atoms with Gasteiger partial charge in [-0.1, -0.05) is 6.07 Å². The maximum absolute atomic E-state index is 8.71. The summed E-state index contributed by atoms with van der Waals surface area (Å²) in [6, 6.07) is 15.2. The molecule has 3 nitrogen and oxygen atoms in total. The number of benzene rings is 2. The smallest absolute Gasteiger partial charge is 0.0991 e. The van der Waals surface area contributed by atoms with Gasteiger partial charge in [0.15, 0.2) is 0 Å². The summed E-state index contributed by atoms with van der Waals surface area (Å²) in [7, 11) is 0. The van der Waals surface area contributed by atoms with Crippen molar-refractivity contribution in [1.29, 1.82) is 5.26 Å². The highest BCUT2D eigenvalue weighted by Crippen LogP contribution is 2.24. The number of nitrogen functional groups attached to an aromatic ring is 1. The Bertz CT molecular complexity index is 565. The van der Waals surface area contributed by atoms with Crippen molar-refractivity contribution in [2.45, 2.75) is 6.92 Å². The molecule has 0 saturated carbocycles. The first-order chi connectivity index (χ1) is 8.20. The predicted molar refractivity (Wildman–Crippen MR) is 70.0 cm³/mol. The van der Waals surface area contributed by atoms with Gasteiger partial charge in [-0.2, -0.15) is 5.26 Å². The van der Waals surface area contributed by atoms with Crippen LogP contribution < -0.4 is 11.1 Å². The van der Waals surface area contributed by atoms with Gasteiger partial charge in [0.05, 0.1) is 11.6 Å². The van der Waals surface area contributed by atoms with Crippen LogP contribution in [0.5, 0.6) is 0 Å². The Labute approximate surface area is 101 Å². The van der Waals surface area contributed by atoms with Gasteiger partial charge in [-0.25, -0.2) is 0 Å². The van der Waals surface area contributed by atoms with Gasteiger partial charge in [0.25, 0.3) is 0 Å². The van der Waals surface area contributed by atoms with Gasteiger partial charge in [-0.3, -0.25) is 0 Å². The topological polar surface area (TPSA) is 61.8 Å². The lowest BCUT2D eigenvalue weighted by Crippen LogP contribution is -1.96. The van der Waals surface area contributed by atoms with Crippen LogP contribution in [0.15, 0.2) is 42.5 Å². The summed E-state index contributed by atoms with van der Waals surface area (Å²) in [5, 5.41) is 12.0. The molecule has 0 amide bonds. The number of anilines is 3. The Hall–Kier alpha value is -2.47. The Morgan fingerprint density at radius 1 is 1.12 bits per heavy atom. The van der Waals surface area contributed by atoms with Crippen molar-refractivity contribution < 1.29 is 0 Å². The lowest BCUT2D eigenvalue weighted by Gasteiger charge is -2.11. The highest BCUT2D eigenvalue weighted by atomic mass is 14.9. The molecule has 0 bridgehead atoms. The second-order valence-electron chi connectivity index (χ2n) is 3.83. The van der Waals surface area contributed by atoms with Gasteiger partial charge in [-0.05, 0) is 48.9 Å². The SMILES string of the molecule is Cc1c(N)cccc1Nc1ccc(C#N)cc1. The monoisotopic (exact) mass is 223 g/mol. The van der Waals surface area contributed by atoms with E-state index in [4.69, 9.17) is 11.0 Å². The van der Waals surface area contributed by atoms with E-state index in [2.05, 4.69) is 11.4 Å². The van der Waals surface area contributed by atoms with Gasteiger partial charge in [0.2, 0.25) is 0 Å². The van der Waals surface area contributed by atoms with Crippen LogP contribution in [-0.4, -0.2) is 0 Å². The van der Waals surface area contributed by atoms with Crippen LogP contribution in [0, 0.1) is 18.3 Å². The van der Waals surface area contributed by atoms with Crippen molar-refractivity contribution in [2.24, 2.45) is 0 Å². The third-order valence-corrected chi connectivity index (χ3v) is 2.67. The molecule has 0 radical (unpaired) electrons. The molecule has 0 unspecified atom stereocenters. The molecule has 3 N–H and O–H groups in total. The normalized spacial score (nSPS) is 9.65. The zero-order valence-electron chi connectivity index (χ0n) is 9.57. The fourth-order valence-electron chi connectivity index (χ4n) is 1.57. The van der Waals surface area contributed by atoms with Crippen molar-refractivity contribution in [3.8, 4) is 6.07 Å². The zero-order valence-corrected chi connectivity index (χ0v) is 9.57. The molecule has 0 atom stereocenters. The molecule has 0 aliphatic heterocycles. The van der Waals surface area contributed by atoms with Gasteiger partial charge in [0.1, 0.15) is 0 Å². The van der Waals surface area contributed by atoms with Crippen molar-refractivity contribution in [3.63, 3.8) is 0 Å². The fraction of sp³-hybridized carbons (Fsp3) is 0.0714. The molecular formula is C14H13N3. The molecule has 3 heteroatoms. The van der Waals surface area contributed by atoms with E-state index in [1.54, 1.807) is 12.1 Å². The van der Waals surface area contributed by atoms with E-state index >= 15 is 0 Å². The first-order valence-electron chi connectivity index (χ1n) is 5.33. The Kier molecular flexibility index (Phi) is 2.97. The van der Waals surface area contributed by atoms with Gasteiger partial charge in [-0.15, -0.1) is 0 Å². The standard InChI is InChI=1S/C14H13N3/c1-10-13(16)3-2-4-14(10)17-12-7-5-11(9-15)6-8-12/h2-8,17H,16H2,1H3. The first kappa shape index (κ1) is 11.0. The second kappa shape index (κ2) is 4.58. The maximum Gasteiger partial charge on any atom is 0.0991 e. The van der Waals surface area contributed by atoms with Crippen LogP contribution in [0.1, 0.15) is 11.1 Å². The van der Waals surface area contributed by atoms with Crippen molar-refractivity contribution in [3.05, 3.63) is 53.6 Å². The predicted octanol–water partition coefficient (Wildman–Crippen LogP) is 3.19. The molecule has 0 saturated heterocycles. The van der Waals surface area contributed by atoms with Crippen LogP contribution in [0.2, 0.25) is 0 Å². The molecule has 2 rings (SSSR count). The molecule has 0 fully saturated rings. The van der Waals surface area contributed by atoms with Crippen LogP contribution >= 0.6 is 0 Å². The van der Waals surface area contributed by atoms with Crippen molar-refractivity contribution >= 4 is 17.1 Å². The molecule has 17 heavy (non-hydrogen) atoms. The number of nitrogens with one attached hydrogen (secondary N) is 1. The summed E-state index contributed by atoms with van der Waals surface area (Å²) in [5.74, 6) is 0. The van der Waals surface area contributed by atoms with E-state index in [9.17, 15) is 0 Å². The molecule has 0 heterocycles. The number of nitrogens with two attached hydrogens (primary N) is 1. The third-order valence-electron chi connectivity index (χ3n) is 2.67. The number of hydrogen-bond donors (Lipinski definition) is 2. The highest BCUT2D eigenvalue weighted by Gasteiger charge is 2.01. The summed E-state index contributed by atoms with van der Waals surface area (Å²) in [4.78, 5) is 0. The van der Waals surface area contributed by atoms with Crippen molar-refractivity contribution in [1.82, 2.24) is 0 Å². The molecule has 0 aliphatic carbocycles. The molecular weight excluding hydrogens is 210 g/mol. The number of hydrogen-bond acceptors (Lipinski definition) is 3. The largest absolute Gasteiger partial charge is 0.398 e. The Morgan fingerprint density at radius 3 is 2.47 bits per heavy atom. The molecule has 2 aromatic carbocycles. The van der Waals surface area contributed by atoms with E-state index in [1.165, 1.54) is 0 Å². The minimum atomic E-state index is 0.653. The number of nitrogens with zero attached hydrogens (tertiary/aromatic N) is 1. The molecule has 0 aromatic heterocycles. The average molecular weight is 223 g/mol. The zero-order chi connectivity index (χ0) is 12.3. The summed E-state index contributed by atoms with van der Waals surface area (Å²) >= 11 is 0. The molecule has 0 spiro atoms. The van der Waals surface area contributed by atoms with Gasteiger partial charge < -0.3 is 11.1 Å². The van der Waals surface area contributed by atoms with Gasteiger partial charge in [0, 0.05) is 17.1 Å². The number of rotatable bonds is 2. The minimum Gasteiger partial charge on any atom is -0.398 e. The van der Waals surface area contributed by atoms with Gasteiger partial charge >= 0.3 is 0 Å².